The molecule has 1 heterocycles. The minimum absolute atomic E-state index is 0.177. The molecule has 0 spiro atoms. The van der Waals surface area contributed by atoms with E-state index in [0.29, 0.717) is 16.9 Å². The monoisotopic (exact) mass is 494 g/mol. The van der Waals surface area contributed by atoms with Crippen LogP contribution >= 0.6 is 0 Å². The van der Waals surface area contributed by atoms with Gasteiger partial charge in [-0.1, -0.05) is 54.6 Å². The summed E-state index contributed by atoms with van der Waals surface area (Å²) in [4.78, 5) is 27.0. The van der Waals surface area contributed by atoms with E-state index >= 15 is 0 Å². The van der Waals surface area contributed by atoms with Gasteiger partial charge in [0.25, 0.3) is 5.91 Å². The smallest absolute Gasteiger partial charge is 0.339 e. The Morgan fingerprint density at radius 3 is 2.06 bits per heavy atom. The SMILES string of the molecule is O=C(OCC(=O)N1CCN(S(=O)(=O)c2ccccc2)CC1)c1ccccc1COc1ccccc1. The maximum Gasteiger partial charge on any atom is 0.339 e. The summed E-state index contributed by atoms with van der Waals surface area (Å²) >= 11 is 0. The van der Waals surface area contributed by atoms with E-state index < -0.39 is 22.6 Å². The third-order valence-corrected chi connectivity index (χ3v) is 7.59. The summed E-state index contributed by atoms with van der Waals surface area (Å²) < 4.78 is 37.9. The van der Waals surface area contributed by atoms with Crippen LogP contribution in [0.1, 0.15) is 15.9 Å². The van der Waals surface area contributed by atoms with Gasteiger partial charge in [-0.15, -0.1) is 0 Å². The number of hydrogen-bond donors (Lipinski definition) is 0. The molecule has 0 saturated carbocycles. The fourth-order valence-electron chi connectivity index (χ4n) is 3.74. The van der Waals surface area contributed by atoms with Gasteiger partial charge in [0, 0.05) is 31.7 Å². The Hall–Kier alpha value is -3.69. The summed E-state index contributed by atoms with van der Waals surface area (Å²) in [6, 6.07) is 24.4. The van der Waals surface area contributed by atoms with Crippen molar-refractivity contribution in [2.24, 2.45) is 0 Å². The Balaban J connectivity index is 1.29. The summed E-state index contributed by atoms with van der Waals surface area (Å²) in [5, 5.41) is 0. The number of esters is 1. The van der Waals surface area contributed by atoms with E-state index in [4.69, 9.17) is 9.47 Å². The molecular formula is C26H26N2O6S. The largest absolute Gasteiger partial charge is 0.489 e. The van der Waals surface area contributed by atoms with Crippen LogP contribution in [0.2, 0.25) is 0 Å². The molecule has 182 valence electrons. The lowest BCUT2D eigenvalue weighted by atomic mass is 10.1. The van der Waals surface area contributed by atoms with Gasteiger partial charge in [-0.2, -0.15) is 4.31 Å². The zero-order valence-electron chi connectivity index (χ0n) is 19.1. The maximum atomic E-state index is 12.8. The molecule has 1 saturated heterocycles. The first-order valence-electron chi connectivity index (χ1n) is 11.2. The van der Waals surface area contributed by atoms with Crippen molar-refractivity contribution < 1.29 is 27.5 Å². The molecular weight excluding hydrogens is 468 g/mol. The van der Waals surface area contributed by atoms with Crippen LogP contribution in [0, 0.1) is 0 Å². The van der Waals surface area contributed by atoms with E-state index in [1.54, 1.807) is 54.6 Å². The number of piperazine rings is 1. The molecule has 3 aromatic carbocycles. The van der Waals surface area contributed by atoms with Crippen molar-refractivity contribution in [1.82, 2.24) is 9.21 Å². The maximum absolute atomic E-state index is 12.8. The van der Waals surface area contributed by atoms with Gasteiger partial charge in [-0.3, -0.25) is 4.79 Å². The van der Waals surface area contributed by atoms with Gasteiger partial charge >= 0.3 is 5.97 Å². The molecule has 1 fully saturated rings. The Morgan fingerprint density at radius 1 is 0.771 bits per heavy atom. The predicted octanol–water partition coefficient (Wildman–Crippen LogP) is 2.96. The van der Waals surface area contributed by atoms with Gasteiger partial charge in [0.2, 0.25) is 10.0 Å². The van der Waals surface area contributed by atoms with E-state index in [-0.39, 0.29) is 43.6 Å². The second-order valence-electron chi connectivity index (χ2n) is 7.93. The minimum atomic E-state index is -3.61. The molecule has 0 N–H and O–H groups in total. The third kappa shape index (κ3) is 6.06. The van der Waals surface area contributed by atoms with Crippen molar-refractivity contribution in [2.45, 2.75) is 11.5 Å². The number of para-hydroxylation sites is 1. The van der Waals surface area contributed by atoms with Crippen molar-refractivity contribution in [3.63, 3.8) is 0 Å². The Kier molecular flexibility index (Phi) is 7.79. The summed E-state index contributed by atoms with van der Waals surface area (Å²) in [5.41, 5.74) is 0.975. The first-order valence-corrected chi connectivity index (χ1v) is 12.6. The number of ether oxygens (including phenoxy) is 2. The highest BCUT2D eigenvalue weighted by molar-refractivity contribution is 7.89. The summed E-state index contributed by atoms with van der Waals surface area (Å²) in [6.45, 7) is 0.570. The standard InChI is InChI=1S/C26H26N2O6S/c29-25(27-15-17-28(18-16-27)35(31,32)23-12-5-2-6-13-23)20-34-26(30)24-14-8-7-9-21(24)19-33-22-10-3-1-4-11-22/h1-14H,15-20H2. The molecule has 1 amide bonds. The predicted molar refractivity (Wildman–Crippen MR) is 129 cm³/mol. The molecule has 0 aliphatic carbocycles. The van der Waals surface area contributed by atoms with Gasteiger partial charge in [-0.05, 0) is 30.3 Å². The van der Waals surface area contributed by atoms with Crippen molar-refractivity contribution in [2.75, 3.05) is 32.8 Å². The second kappa shape index (κ2) is 11.2. The number of rotatable bonds is 8. The molecule has 0 aromatic heterocycles. The van der Waals surface area contributed by atoms with Gasteiger partial charge in [0.15, 0.2) is 6.61 Å². The average Bonchev–Trinajstić information content (AvgIpc) is 2.91. The first-order chi connectivity index (χ1) is 16.9. The molecule has 0 bridgehead atoms. The highest BCUT2D eigenvalue weighted by atomic mass is 32.2. The first kappa shape index (κ1) is 24.4. The lowest BCUT2D eigenvalue weighted by molar-refractivity contribution is -0.135. The molecule has 0 unspecified atom stereocenters. The Labute approximate surface area is 204 Å². The summed E-state index contributed by atoms with van der Waals surface area (Å²) in [6.07, 6.45) is 0. The van der Waals surface area contributed by atoms with Crippen LogP contribution in [0.3, 0.4) is 0 Å². The molecule has 4 rings (SSSR count). The molecule has 1 aliphatic rings. The zero-order valence-corrected chi connectivity index (χ0v) is 19.9. The number of carbonyl (C=O) groups is 2. The van der Waals surface area contributed by atoms with Gasteiger partial charge in [-0.25, -0.2) is 13.2 Å². The molecule has 9 heteroatoms. The molecule has 3 aromatic rings. The quantitative estimate of drug-likeness (QED) is 0.447. The molecule has 1 aliphatic heterocycles. The number of hydrogen-bond acceptors (Lipinski definition) is 6. The minimum Gasteiger partial charge on any atom is -0.489 e. The normalized spacial score (nSPS) is 14.3. The van der Waals surface area contributed by atoms with E-state index in [9.17, 15) is 18.0 Å². The molecule has 0 atom stereocenters. The van der Waals surface area contributed by atoms with Crippen molar-refractivity contribution in [3.8, 4) is 5.75 Å². The van der Waals surface area contributed by atoms with Crippen molar-refractivity contribution in [3.05, 3.63) is 96.1 Å². The lowest BCUT2D eigenvalue weighted by Gasteiger charge is -2.33. The number of benzene rings is 3. The number of carbonyl (C=O) groups excluding carboxylic acids is 2. The number of nitrogens with zero attached hydrogens (tertiary/aromatic N) is 2. The van der Waals surface area contributed by atoms with Crippen LogP contribution in [-0.4, -0.2) is 62.3 Å². The van der Waals surface area contributed by atoms with Gasteiger partial charge in [0.1, 0.15) is 12.4 Å². The fraction of sp³-hybridized carbons (Fsp3) is 0.231. The average molecular weight is 495 g/mol. The number of sulfonamides is 1. The zero-order chi connectivity index (χ0) is 24.7. The molecule has 35 heavy (non-hydrogen) atoms. The van der Waals surface area contributed by atoms with E-state index in [1.807, 2.05) is 30.3 Å². The highest BCUT2D eigenvalue weighted by Crippen LogP contribution is 2.18. The van der Waals surface area contributed by atoms with E-state index in [2.05, 4.69) is 0 Å². The van der Waals surface area contributed by atoms with Crippen LogP contribution in [0.4, 0.5) is 0 Å². The van der Waals surface area contributed by atoms with Crippen molar-refractivity contribution in [1.29, 1.82) is 0 Å². The van der Waals surface area contributed by atoms with Crippen LogP contribution in [-0.2, 0) is 26.2 Å². The van der Waals surface area contributed by atoms with Gasteiger partial charge < -0.3 is 14.4 Å². The third-order valence-electron chi connectivity index (χ3n) is 5.67. The Morgan fingerprint density at radius 2 is 1.37 bits per heavy atom. The van der Waals surface area contributed by atoms with E-state index in [1.165, 1.54) is 9.21 Å². The molecule has 0 radical (unpaired) electrons. The Bertz CT molecular complexity index is 1260. The summed E-state index contributed by atoms with van der Waals surface area (Å²) in [7, 11) is -3.61. The summed E-state index contributed by atoms with van der Waals surface area (Å²) in [5.74, 6) is -0.303. The molecule has 8 nitrogen and oxygen atoms in total. The van der Waals surface area contributed by atoms with Gasteiger partial charge in [0.05, 0.1) is 10.5 Å². The number of amides is 1. The van der Waals surface area contributed by atoms with E-state index in [0.717, 1.165) is 0 Å². The van der Waals surface area contributed by atoms with Crippen LogP contribution in [0.5, 0.6) is 5.75 Å². The topological polar surface area (TPSA) is 93.2 Å². The van der Waals surface area contributed by atoms with Crippen LogP contribution < -0.4 is 4.74 Å². The highest BCUT2D eigenvalue weighted by Gasteiger charge is 2.30. The fourth-order valence-corrected chi connectivity index (χ4v) is 5.18. The second-order valence-corrected chi connectivity index (χ2v) is 9.87. The lowest BCUT2D eigenvalue weighted by Crippen LogP contribution is -2.51. The van der Waals surface area contributed by atoms with Crippen LogP contribution in [0.25, 0.3) is 0 Å². The van der Waals surface area contributed by atoms with Crippen LogP contribution in [0.15, 0.2) is 89.8 Å². The van der Waals surface area contributed by atoms with Crippen molar-refractivity contribution >= 4 is 21.9 Å².